The fourth-order valence-electron chi connectivity index (χ4n) is 4.43. The van der Waals surface area contributed by atoms with E-state index in [9.17, 15) is 9.59 Å². The van der Waals surface area contributed by atoms with E-state index in [1.54, 1.807) is 35.6 Å². The lowest BCUT2D eigenvalue weighted by atomic mass is 9.78. The molecule has 0 radical (unpaired) electrons. The van der Waals surface area contributed by atoms with Crippen LogP contribution in [-0.4, -0.2) is 27.8 Å². The van der Waals surface area contributed by atoms with Gasteiger partial charge >= 0.3 is 0 Å². The number of aromatic nitrogens is 2. The summed E-state index contributed by atoms with van der Waals surface area (Å²) in [7, 11) is 0. The maximum atomic E-state index is 13.4. The number of fused-ring (bicyclic) bond motifs is 1. The predicted octanol–water partition coefficient (Wildman–Crippen LogP) is 2.98. The summed E-state index contributed by atoms with van der Waals surface area (Å²) in [5, 5.41) is 0. The molecule has 136 valence electrons. The van der Waals surface area contributed by atoms with E-state index >= 15 is 0 Å². The van der Waals surface area contributed by atoms with Crippen LogP contribution in [0, 0.1) is 5.92 Å². The van der Waals surface area contributed by atoms with Gasteiger partial charge in [-0.25, -0.2) is 4.98 Å². The number of amides is 1. The second kappa shape index (κ2) is 6.30. The molecule has 0 saturated heterocycles. The Morgan fingerprint density at radius 3 is 2.70 bits per heavy atom. The fraction of sp³-hybridized carbons (Fsp3) is 0.333. The molecular weight excluding hydrogens is 342 g/mol. The van der Waals surface area contributed by atoms with E-state index in [2.05, 4.69) is 9.97 Å². The Balaban J connectivity index is 1.66. The Kier molecular flexibility index (Phi) is 3.77. The van der Waals surface area contributed by atoms with Gasteiger partial charge in [-0.15, -0.1) is 0 Å². The first kappa shape index (κ1) is 16.2. The van der Waals surface area contributed by atoms with Crippen LogP contribution in [0.4, 0.5) is 5.82 Å². The van der Waals surface area contributed by atoms with E-state index in [1.807, 2.05) is 18.2 Å². The van der Waals surface area contributed by atoms with Crippen LogP contribution in [0.25, 0.3) is 0 Å². The molecule has 27 heavy (non-hydrogen) atoms. The molecular formula is C21H19N3O3. The number of nitrogens with zero attached hydrogens (tertiary/aromatic N) is 3. The number of hydrogen-bond donors (Lipinski definition) is 0. The third-order valence-electron chi connectivity index (χ3n) is 5.66. The highest BCUT2D eigenvalue weighted by Crippen LogP contribution is 2.47. The lowest BCUT2D eigenvalue weighted by Crippen LogP contribution is -2.39. The summed E-state index contributed by atoms with van der Waals surface area (Å²) in [5.41, 5.74) is 1.24. The molecule has 3 atom stereocenters. The van der Waals surface area contributed by atoms with E-state index in [4.69, 9.17) is 4.74 Å². The van der Waals surface area contributed by atoms with Crippen molar-refractivity contribution in [2.24, 2.45) is 5.92 Å². The van der Waals surface area contributed by atoms with Crippen LogP contribution in [0.1, 0.15) is 37.3 Å². The predicted molar refractivity (Wildman–Crippen MR) is 97.6 cm³/mol. The lowest BCUT2D eigenvalue weighted by Gasteiger charge is -2.35. The van der Waals surface area contributed by atoms with Gasteiger partial charge in [0.15, 0.2) is 11.5 Å². The van der Waals surface area contributed by atoms with Gasteiger partial charge in [0.1, 0.15) is 11.9 Å². The average molecular weight is 361 g/mol. The SMILES string of the molecule is O=C1C2=C(OC3CCCCC13)C(=O)N(c1ccccn1)C2c1cccnc1. The van der Waals surface area contributed by atoms with Crippen LogP contribution in [0.3, 0.4) is 0 Å². The van der Waals surface area contributed by atoms with Crippen molar-refractivity contribution in [2.45, 2.75) is 37.8 Å². The van der Waals surface area contributed by atoms with Crippen LogP contribution in [0.5, 0.6) is 0 Å². The van der Waals surface area contributed by atoms with Gasteiger partial charge in [-0.2, -0.15) is 0 Å². The maximum absolute atomic E-state index is 13.4. The van der Waals surface area contributed by atoms with Gasteiger partial charge < -0.3 is 4.74 Å². The molecule has 3 unspecified atom stereocenters. The van der Waals surface area contributed by atoms with E-state index < -0.39 is 6.04 Å². The number of ether oxygens (including phenoxy) is 1. The number of pyridine rings is 2. The van der Waals surface area contributed by atoms with Crippen molar-refractivity contribution < 1.29 is 14.3 Å². The quantitative estimate of drug-likeness (QED) is 0.822. The largest absolute Gasteiger partial charge is 0.483 e. The highest BCUT2D eigenvalue weighted by atomic mass is 16.5. The first-order chi connectivity index (χ1) is 13.3. The monoisotopic (exact) mass is 361 g/mol. The van der Waals surface area contributed by atoms with E-state index in [0.29, 0.717) is 11.4 Å². The first-order valence-corrected chi connectivity index (χ1v) is 9.35. The molecule has 1 saturated carbocycles. The number of anilines is 1. The summed E-state index contributed by atoms with van der Waals surface area (Å²) in [5.74, 6) is 0.289. The molecule has 0 bridgehead atoms. The maximum Gasteiger partial charge on any atom is 0.295 e. The third-order valence-corrected chi connectivity index (χ3v) is 5.66. The van der Waals surface area contributed by atoms with Crippen molar-refractivity contribution in [2.75, 3.05) is 4.90 Å². The highest BCUT2D eigenvalue weighted by molar-refractivity contribution is 6.17. The number of rotatable bonds is 2. The van der Waals surface area contributed by atoms with Gasteiger partial charge in [0, 0.05) is 18.6 Å². The molecule has 1 fully saturated rings. The molecule has 6 heteroatoms. The normalized spacial score (nSPS) is 27.3. The smallest absolute Gasteiger partial charge is 0.295 e. The van der Waals surface area contributed by atoms with E-state index in [0.717, 1.165) is 31.2 Å². The number of ketones is 1. The van der Waals surface area contributed by atoms with Gasteiger partial charge in [0.2, 0.25) is 0 Å². The molecule has 1 aliphatic carbocycles. The Labute approximate surface area is 156 Å². The molecule has 0 N–H and O–H groups in total. The zero-order valence-electron chi connectivity index (χ0n) is 14.7. The summed E-state index contributed by atoms with van der Waals surface area (Å²) >= 11 is 0. The van der Waals surface area contributed by atoms with Gasteiger partial charge in [-0.3, -0.25) is 19.5 Å². The Morgan fingerprint density at radius 1 is 1.04 bits per heavy atom. The van der Waals surface area contributed by atoms with Crippen molar-refractivity contribution in [1.29, 1.82) is 0 Å². The van der Waals surface area contributed by atoms with Crippen LogP contribution in [0.2, 0.25) is 0 Å². The zero-order chi connectivity index (χ0) is 18.4. The standard InChI is InChI=1S/C21H19N3O3/c25-19-14-7-1-2-8-15(14)27-20-17(19)18(13-6-5-10-22-12-13)24(21(20)26)16-9-3-4-11-23-16/h3-6,9-12,14-15,18H,1-2,7-8H2. The minimum Gasteiger partial charge on any atom is -0.483 e. The second-order valence-electron chi connectivity index (χ2n) is 7.21. The Bertz CT molecular complexity index is 926. The summed E-state index contributed by atoms with van der Waals surface area (Å²) in [6.45, 7) is 0. The summed E-state index contributed by atoms with van der Waals surface area (Å²) < 4.78 is 6.12. The summed E-state index contributed by atoms with van der Waals surface area (Å²) in [4.78, 5) is 36.8. The highest BCUT2D eigenvalue weighted by Gasteiger charge is 2.52. The zero-order valence-corrected chi connectivity index (χ0v) is 14.7. The molecule has 6 nitrogen and oxygen atoms in total. The van der Waals surface area contributed by atoms with E-state index in [1.165, 1.54) is 0 Å². The summed E-state index contributed by atoms with van der Waals surface area (Å²) in [6, 6.07) is 8.55. The summed E-state index contributed by atoms with van der Waals surface area (Å²) in [6.07, 6.45) is 8.52. The van der Waals surface area contributed by atoms with Gasteiger partial charge in [-0.1, -0.05) is 18.6 Å². The minimum absolute atomic E-state index is 0.0431. The molecule has 4 heterocycles. The number of carbonyl (C=O) groups is 2. The fourth-order valence-corrected chi connectivity index (χ4v) is 4.43. The van der Waals surface area contributed by atoms with Crippen LogP contribution >= 0.6 is 0 Å². The number of carbonyl (C=O) groups excluding carboxylic acids is 2. The first-order valence-electron chi connectivity index (χ1n) is 9.35. The molecule has 3 aliphatic rings. The molecule has 0 aromatic carbocycles. The third kappa shape index (κ3) is 2.47. The Morgan fingerprint density at radius 2 is 1.93 bits per heavy atom. The molecule has 5 rings (SSSR count). The molecule has 2 aromatic heterocycles. The lowest BCUT2D eigenvalue weighted by molar-refractivity contribution is -0.131. The second-order valence-corrected chi connectivity index (χ2v) is 7.21. The van der Waals surface area contributed by atoms with Crippen LogP contribution in [0.15, 0.2) is 60.3 Å². The van der Waals surface area contributed by atoms with Crippen molar-refractivity contribution in [3.05, 3.63) is 65.8 Å². The van der Waals surface area contributed by atoms with Crippen molar-refractivity contribution >= 4 is 17.5 Å². The molecule has 0 spiro atoms. The Hall–Kier alpha value is -3.02. The topological polar surface area (TPSA) is 72.4 Å². The van der Waals surface area contributed by atoms with Crippen molar-refractivity contribution in [3.63, 3.8) is 0 Å². The van der Waals surface area contributed by atoms with Gasteiger partial charge in [-0.05, 0) is 43.0 Å². The van der Waals surface area contributed by atoms with Crippen molar-refractivity contribution in [1.82, 2.24) is 9.97 Å². The molecule has 1 amide bonds. The number of hydrogen-bond acceptors (Lipinski definition) is 5. The van der Waals surface area contributed by atoms with Gasteiger partial charge in [0.25, 0.3) is 5.91 Å². The van der Waals surface area contributed by atoms with Gasteiger partial charge in [0.05, 0.1) is 17.5 Å². The van der Waals surface area contributed by atoms with Crippen LogP contribution in [-0.2, 0) is 14.3 Å². The van der Waals surface area contributed by atoms with E-state index in [-0.39, 0.29) is 29.5 Å². The van der Waals surface area contributed by atoms with Crippen LogP contribution < -0.4 is 4.90 Å². The van der Waals surface area contributed by atoms with Crippen molar-refractivity contribution in [3.8, 4) is 0 Å². The molecule has 2 aliphatic heterocycles. The average Bonchev–Trinajstić information content (AvgIpc) is 3.02. The molecule has 2 aromatic rings. The minimum atomic E-state index is -0.550. The number of Topliss-reactive ketones (excluding diaryl/α,β-unsaturated/α-hetero) is 1.